The minimum absolute atomic E-state index is 0.914. The van der Waals surface area contributed by atoms with Gasteiger partial charge in [-0.2, -0.15) is 0 Å². The van der Waals surface area contributed by atoms with Crippen LogP contribution in [0.25, 0.3) is 0 Å². The summed E-state index contributed by atoms with van der Waals surface area (Å²) in [6.07, 6.45) is 12.5. The van der Waals surface area contributed by atoms with Gasteiger partial charge in [0.1, 0.15) is 0 Å². The van der Waals surface area contributed by atoms with E-state index in [0.29, 0.717) is 0 Å². The van der Waals surface area contributed by atoms with Gasteiger partial charge in [0, 0.05) is 12.2 Å². The molecule has 0 bridgehead atoms. The largest absolute Gasteiger partial charge is 0.385 e. The lowest BCUT2D eigenvalue weighted by atomic mass is 10.0. The molecule has 0 aliphatic carbocycles. The highest BCUT2D eigenvalue weighted by atomic mass is 14.9. The van der Waals surface area contributed by atoms with E-state index in [1.165, 1.54) is 11.1 Å². The van der Waals surface area contributed by atoms with Gasteiger partial charge < -0.3 is 5.32 Å². The number of rotatable bonds is 10. The van der Waals surface area contributed by atoms with E-state index < -0.39 is 0 Å². The summed E-state index contributed by atoms with van der Waals surface area (Å²) in [6.45, 7) is 23.4. The van der Waals surface area contributed by atoms with Crippen LogP contribution in [0.15, 0.2) is 83.7 Å². The molecule has 1 N–H and O–H groups in total. The van der Waals surface area contributed by atoms with Gasteiger partial charge in [0.25, 0.3) is 0 Å². The maximum atomic E-state index is 4.15. The second-order valence-corrected chi connectivity index (χ2v) is 5.95. The molecule has 0 spiro atoms. The van der Waals surface area contributed by atoms with Crippen LogP contribution in [0.2, 0.25) is 0 Å². The third-order valence-corrected chi connectivity index (χ3v) is 3.49. The normalized spacial score (nSPS) is 13.3. The van der Waals surface area contributed by atoms with Crippen molar-refractivity contribution in [3.8, 4) is 0 Å². The predicted molar refractivity (Wildman–Crippen MR) is 106 cm³/mol. The van der Waals surface area contributed by atoms with E-state index in [4.69, 9.17) is 0 Å². The van der Waals surface area contributed by atoms with Gasteiger partial charge in [0.05, 0.1) is 0 Å². The van der Waals surface area contributed by atoms with Crippen LogP contribution in [0.5, 0.6) is 0 Å². The fourth-order valence-corrected chi connectivity index (χ4v) is 2.10. The Kier molecular flexibility index (Phi) is 10.5. The summed E-state index contributed by atoms with van der Waals surface area (Å²) < 4.78 is 0. The number of hydrogen-bond acceptors (Lipinski definition) is 1. The van der Waals surface area contributed by atoms with Crippen molar-refractivity contribution in [2.75, 3.05) is 6.54 Å². The van der Waals surface area contributed by atoms with Crippen LogP contribution in [0.1, 0.15) is 47.5 Å². The Bertz CT molecular complexity index is 551. The Labute approximate surface area is 143 Å². The fraction of sp³-hybridized carbons (Fsp3) is 0.364. The Hall–Kier alpha value is -2.02. The molecule has 0 heterocycles. The van der Waals surface area contributed by atoms with E-state index >= 15 is 0 Å². The summed E-state index contributed by atoms with van der Waals surface area (Å²) in [5.41, 5.74) is 6.65. The van der Waals surface area contributed by atoms with Gasteiger partial charge in [-0.25, -0.2) is 0 Å². The van der Waals surface area contributed by atoms with Crippen molar-refractivity contribution in [2.45, 2.75) is 47.5 Å². The van der Waals surface area contributed by atoms with Crippen molar-refractivity contribution in [1.29, 1.82) is 0 Å². The van der Waals surface area contributed by atoms with Crippen LogP contribution < -0.4 is 5.32 Å². The molecule has 0 aliphatic heterocycles. The molecule has 126 valence electrons. The van der Waals surface area contributed by atoms with Crippen molar-refractivity contribution >= 4 is 0 Å². The Morgan fingerprint density at radius 1 is 1.00 bits per heavy atom. The van der Waals surface area contributed by atoms with Crippen LogP contribution >= 0.6 is 0 Å². The van der Waals surface area contributed by atoms with Gasteiger partial charge in [-0.1, -0.05) is 48.6 Å². The first-order chi connectivity index (χ1) is 10.8. The van der Waals surface area contributed by atoms with Gasteiger partial charge >= 0.3 is 0 Å². The summed E-state index contributed by atoms with van der Waals surface area (Å²) >= 11 is 0. The molecule has 1 nitrogen and oxygen atoms in total. The molecule has 0 aromatic rings. The predicted octanol–water partition coefficient (Wildman–Crippen LogP) is 6.42. The number of nitrogens with one attached hydrogen (secondary N) is 1. The second-order valence-electron chi connectivity index (χ2n) is 5.95. The molecule has 1 heteroatoms. The second kappa shape index (κ2) is 11.5. The van der Waals surface area contributed by atoms with Crippen molar-refractivity contribution in [3.05, 3.63) is 83.7 Å². The number of allylic oxidation sites excluding steroid dienone is 9. The Morgan fingerprint density at radius 3 is 2.17 bits per heavy atom. The average Bonchev–Trinajstić information content (AvgIpc) is 2.48. The first-order valence-corrected chi connectivity index (χ1v) is 8.24. The molecule has 23 heavy (non-hydrogen) atoms. The summed E-state index contributed by atoms with van der Waals surface area (Å²) in [7, 11) is 0. The molecule has 0 saturated carbocycles. The van der Waals surface area contributed by atoms with Crippen molar-refractivity contribution in [3.63, 3.8) is 0 Å². The van der Waals surface area contributed by atoms with Crippen LogP contribution in [-0.2, 0) is 0 Å². The van der Waals surface area contributed by atoms with E-state index in [-0.39, 0.29) is 0 Å². The quantitative estimate of drug-likeness (QED) is 0.279. The lowest BCUT2D eigenvalue weighted by Crippen LogP contribution is -2.15. The van der Waals surface area contributed by atoms with Gasteiger partial charge in [0.15, 0.2) is 0 Å². The van der Waals surface area contributed by atoms with Crippen molar-refractivity contribution in [2.24, 2.45) is 0 Å². The molecule has 0 fully saturated rings. The SMILES string of the molecule is C=C(C)CCCNC(=C)C(/C=C(\C)C(=C)/C=C(C)\C=C/C)=C/C. The highest BCUT2D eigenvalue weighted by Gasteiger charge is 2.01. The standard InChI is InChI=1S/C22H33N/c1-9-12-18(5)15-19(6)20(7)16-22(10-2)21(8)23-14-11-13-17(3)4/h9-10,12,15-16,23H,3,6,8,11,13-14H2,1-2,4-5,7H3/b12-9-,18-15-,20-16+,22-10+. The topological polar surface area (TPSA) is 12.0 Å². The molecule has 0 amide bonds. The van der Waals surface area contributed by atoms with E-state index in [0.717, 1.165) is 41.8 Å². The molecule has 0 aromatic carbocycles. The lowest BCUT2D eigenvalue weighted by molar-refractivity contribution is 0.729. The molecule has 0 radical (unpaired) electrons. The first kappa shape index (κ1) is 21.0. The Morgan fingerprint density at radius 2 is 1.65 bits per heavy atom. The van der Waals surface area contributed by atoms with Gasteiger partial charge in [-0.15, -0.1) is 6.58 Å². The third kappa shape index (κ3) is 9.57. The minimum atomic E-state index is 0.914. The monoisotopic (exact) mass is 311 g/mol. The average molecular weight is 312 g/mol. The molecular weight excluding hydrogens is 278 g/mol. The maximum absolute atomic E-state index is 4.15. The molecular formula is C22H33N. The lowest BCUT2D eigenvalue weighted by Gasteiger charge is -2.12. The van der Waals surface area contributed by atoms with Crippen LogP contribution in [0, 0.1) is 0 Å². The molecule has 0 unspecified atom stereocenters. The zero-order valence-electron chi connectivity index (χ0n) is 15.6. The minimum Gasteiger partial charge on any atom is -0.385 e. The molecule has 0 saturated heterocycles. The first-order valence-electron chi connectivity index (χ1n) is 8.24. The summed E-state index contributed by atoms with van der Waals surface area (Å²) in [5, 5.41) is 3.39. The molecule has 0 aliphatic rings. The molecule has 0 aromatic heterocycles. The van der Waals surface area contributed by atoms with Crippen molar-refractivity contribution < 1.29 is 0 Å². The fourth-order valence-electron chi connectivity index (χ4n) is 2.10. The van der Waals surface area contributed by atoms with Crippen LogP contribution in [0.3, 0.4) is 0 Å². The van der Waals surface area contributed by atoms with Crippen LogP contribution in [0.4, 0.5) is 0 Å². The maximum Gasteiger partial charge on any atom is 0.0337 e. The summed E-state index contributed by atoms with van der Waals surface area (Å²) in [6, 6.07) is 0. The zero-order valence-corrected chi connectivity index (χ0v) is 15.6. The highest BCUT2D eigenvalue weighted by molar-refractivity contribution is 5.47. The number of hydrogen-bond donors (Lipinski definition) is 1. The summed E-state index contributed by atoms with van der Waals surface area (Å²) in [5.74, 6) is 0. The van der Waals surface area contributed by atoms with E-state index in [9.17, 15) is 0 Å². The van der Waals surface area contributed by atoms with E-state index in [2.05, 4.69) is 70.1 Å². The van der Waals surface area contributed by atoms with Gasteiger partial charge in [0.2, 0.25) is 0 Å². The van der Waals surface area contributed by atoms with Gasteiger partial charge in [-0.3, -0.25) is 0 Å². The zero-order chi connectivity index (χ0) is 17.8. The van der Waals surface area contributed by atoms with E-state index in [1.54, 1.807) is 0 Å². The Balaban J connectivity index is 4.78. The molecule has 0 atom stereocenters. The third-order valence-electron chi connectivity index (χ3n) is 3.49. The summed E-state index contributed by atoms with van der Waals surface area (Å²) in [4.78, 5) is 0. The molecule has 0 rings (SSSR count). The van der Waals surface area contributed by atoms with Crippen LogP contribution in [-0.4, -0.2) is 6.54 Å². The van der Waals surface area contributed by atoms with Crippen molar-refractivity contribution in [1.82, 2.24) is 5.32 Å². The van der Waals surface area contributed by atoms with E-state index in [1.807, 2.05) is 19.9 Å². The van der Waals surface area contributed by atoms with Gasteiger partial charge in [-0.05, 0) is 70.3 Å². The smallest absolute Gasteiger partial charge is 0.0337 e. The highest BCUT2D eigenvalue weighted by Crippen LogP contribution is 2.17.